The zero-order valence-electron chi connectivity index (χ0n) is 14.0. The van der Waals surface area contributed by atoms with Gasteiger partial charge in [0.15, 0.2) is 15.0 Å². The number of benzene rings is 1. The van der Waals surface area contributed by atoms with Gasteiger partial charge in [-0.1, -0.05) is 22.9 Å². The van der Waals surface area contributed by atoms with Gasteiger partial charge in [0.2, 0.25) is 0 Å². The number of hydrogen-bond acceptors (Lipinski definition) is 6. The van der Waals surface area contributed by atoms with E-state index < -0.39 is 9.84 Å². The minimum absolute atomic E-state index is 0.206. The Morgan fingerprint density at radius 2 is 2.15 bits per heavy atom. The number of rotatable bonds is 5. The van der Waals surface area contributed by atoms with Gasteiger partial charge in [0, 0.05) is 31.0 Å². The summed E-state index contributed by atoms with van der Waals surface area (Å²) in [6.45, 7) is 1.73. The average molecular weight is 416 g/mol. The van der Waals surface area contributed by atoms with Crippen LogP contribution in [0.25, 0.3) is 0 Å². The number of ether oxygens (including phenoxy) is 1. The normalized spacial score (nSPS) is 17.2. The van der Waals surface area contributed by atoms with Gasteiger partial charge in [-0.25, -0.2) is 18.2 Å². The van der Waals surface area contributed by atoms with E-state index in [-0.39, 0.29) is 16.8 Å². The van der Waals surface area contributed by atoms with E-state index in [0.29, 0.717) is 34.9 Å². The highest BCUT2D eigenvalue weighted by atomic mass is 35.5. The molecule has 1 aromatic heterocycles. The van der Waals surface area contributed by atoms with E-state index in [1.54, 1.807) is 17.0 Å². The summed E-state index contributed by atoms with van der Waals surface area (Å²) < 4.78 is 29.2. The molecule has 0 aliphatic carbocycles. The van der Waals surface area contributed by atoms with Crippen LogP contribution in [-0.4, -0.2) is 45.4 Å². The number of carbonyl (C=O) groups excluding carboxylic acids is 1. The van der Waals surface area contributed by atoms with Gasteiger partial charge in [0.1, 0.15) is 4.34 Å². The smallest absolute Gasteiger partial charge is 0.328 e. The summed E-state index contributed by atoms with van der Waals surface area (Å²) >= 11 is 7.02. The van der Waals surface area contributed by atoms with Gasteiger partial charge in [-0.3, -0.25) is 10.2 Å². The lowest BCUT2D eigenvalue weighted by Crippen LogP contribution is -2.38. The molecular weight excluding hydrogens is 398 g/mol. The maximum absolute atomic E-state index is 12.8. The van der Waals surface area contributed by atoms with E-state index in [4.69, 9.17) is 16.3 Å². The fraction of sp³-hybridized carbons (Fsp3) is 0.375. The lowest BCUT2D eigenvalue weighted by Gasteiger charge is -2.25. The molecule has 1 aromatic carbocycles. The molecule has 10 heteroatoms. The number of anilines is 2. The third-order valence-corrected chi connectivity index (χ3v) is 6.14. The van der Waals surface area contributed by atoms with E-state index in [1.807, 2.05) is 0 Å². The molecule has 140 valence electrons. The average Bonchev–Trinajstić information content (AvgIpc) is 3.23. The Kier molecular flexibility index (Phi) is 5.81. The van der Waals surface area contributed by atoms with Crippen molar-refractivity contribution in [3.05, 3.63) is 34.8 Å². The number of halogens is 1. The SMILES string of the molecule is CS(=O)(=O)c1ccc(N(CC2CCOC2)C(=O)Nc2ncc(Cl)s2)cc1. The van der Waals surface area contributed by atoms with Crippen LogP contribution in [0.1, 0.15) is 6.42 Å². The van der Waals surface area contributed by atoms with E-state index in [1.165, 1.54) is 29.7 Å². The van der Waals surface area contributed by atoms with Gasteiger partial charge in [-0.05, 0) is 30.7 Å². The van der Waals surface area contributed by atoms with Gasteiger partial charge < -0.3 is 4.74 Å². The van der Waals surface area contributed by atoms with Gasteiger partial charge in [-0.2, -0.15) is 0 Å². The van der Waals surface area contributed by atoms with E-state index in [9.17, 15) is 13.2 Å². The van der Waals surface area contributed by atoms with Gasteiger partial charge in [0.25, 0.3) is 0 Å². The van der Waals surface area contributed by atoms with Crippen molar-refractivity contribution in [2.45, 2.75) is 11.3 Å². The molecule has 1 aliphatic heterocycles. The fourth-order valence-electron chi connectivity index (χ4n) is 2.64. The minimum atomic E-state index is -3.30. The third kappa shape index (κ3) is 4.73. The molecule has 2 heterocycles. The van der Waals surface area contributed by atoms with Crippen LogP contribution in [0.2, 0.25) is 4.34 Å². The number of nitrogens with zero attached hydrogens (tertiary/aromatic N) is 2. The summed E-state index contributed by atoms with van der Waals surface area (Å²) in [6, 6.07) is 5.89. The van der Waals surface area contributed by atoms with Crippen LogP contribution in [0.5, 0.6) is 0 Å². The monoisotopic (exact) mass is 415 g/mol. The molecule has 0 radical (unpaired) electrons. The third-order valence-electron chi connectivity index (χ3n) is 3.98. The van der Waals surface area contributed by atoms with Gasteiger partial charge in [0.05, 0.1) is 17.7 Å². The van der Waals surface area contributed by atoms with Crippen LogP contribution >= 0.6 is 22.9 Å². The van der Waals surface area contributed by atoms with E-state index in [0.717, 1.165) is 12.7 Å². The Labute approximate surface area is 160 Å². The molecule has 1 N–H and O–H groups in total. The first-order valence-corrected chi connectivity index (χ1v) is 11.0. The predicted octanol–water partition coefficient (Wildman–Crippen LogP) is 3.28. The van der Waals surface area contributed by atoms with Crippen LogP contribution in [0, 0.1) is 5.92 Å². The number of aromatic nitrogens is 1. The van der Waals surface area contributed by atoms with Crippen molar-refractivity contribution in [3.8, 4) is 0 Å². The largest absolute Gasteiger partial charge is 0.381 e. The van der Waals surface area contributed by atoms with Gasteiger partial charge >= 0.3 is 6.03 Å². The van der Waals surface area contributed by atoms with Crippen LogP contribution in [0.4, 0.5) is 15.6 Å². The molecule has 1 fully saturated rings. The number of sulfone groups is 1. The zero-order chi connectivity index (χ0) is 18.7. The molecule has 7 nitrogen and oxygen atoms in total. The number of amides is 2. The Morgan fingerprint density at radius 3 is 2.69 bits per heavy atom. The number of carbonyl (C=O) groups is 1. The van der Waals surface area contributed by atoms with Crippen LogP contribution in [-0.2, 0) is 14.6 Å². The lowest BCUT2D eigenvalue weighted by atomic mass is 10.1. The lowest BCUT2D eigenvalue weighted by molar-refractivity contribution is 0.186. The Hall–Kier alpha value is -1.68. The molecule has 1 saturated heterocycles. The molecule has 2 amide bonds. The summed E-state index contributed by atoms with van der Waals surface area (Å²) in [6.07, 6.45) is 3.49. The fourth-order valence-corrected chi connectivity index (χ4v) is 4.07. The maximum Gasteiger partial charge on any atom is 0.328 e. The standard InChI is InChI=1S/C16H18ClN3O4S2/c1-26(22,23)13-4-2-12(3-5-13)20(9-11-6-7-24-10-11)16(21)19-15-18-8-14(17)25-15/h2-5,8,11H,6-7,9-10H2,1H3,(H,18,19,21). The van der Waals surface area contributed by atoms with E-state index >= 15 is 0 Å². The molecule has 3 rings (SSSR count). The molecule has 0 saturated carbocycles. The van der Waals surface area contributed by atoms with E-state index in [2.05, 4.69) is 10.3 Å². The second-order valence-electron chi connectivity index (χ2n) is 6.01. The molecule has 1 atom stereocenters. The van der Waals surface area contributed by atoms with Gasteiger partial charge in [-0.15, -0.1) is 0 Å². The van der Waals surface area contributed by atoms with Crippen molar-refractivity contribution in [2.75, 3.05) is 36.2 Å². The van der Waals surface area contributed by atoms with Crippen molar-refractivity contribution in [1.29, 1.82) is 0 Å². The molecule has 0 bridgehead atoms. The Balaban J connectivity index is 1.83. The molecule has 2 aromatic rings. The first-order chi connectivity index (χ1) is 12.3. The van der Waals surface area contributed by atoms with Crippen LogP contribution in [0.3, 0.4) is 0 Å². The summed E-state index contributed by atoms with van der Waals surface area (Å²) in [5.74, 6) is 0.218. The highest BCUT2D eigenvalue weighted by Gasteiger charge is 2.24. The number of thiazole rings is 1. The van der Waals surface area contributed by atoms with Crippen molar-refractivity contribution in [2.24, 2.45) is 5.92 Å². The minimum Gasteiger partial charge on any atom is -0.381 e. The Morgan fingerprint density at radius 1 is 1.42 bits per heavy atom. The second kappa shape index (κ2) is 7.91. The summed E-state index contributed by atoms with van der Waals surface area (Å²) in [4.78, 5) is 18.6. The van der Waals surface area contributed by atoms with Crippen molar-refractivity contribution >= 4 is 49.6 Å². The van der Waals surface area contributed by atoms with Crippen molar-refractivity contribution in [1.82, 2.24) is 4.98 Å². The molecule has 1 unspecified atom stereocenters. The first kappa shape index (κ1) is 19.1. The van der Waals surface area contributed by atoms with Crippen LogP contribution < -0.4 is 10.2 Å². The number of nitrogens with one attached hydrogen (secondary N) is 1. The summed E-state index contributed by atoms with van der Waals surface area (Å²) in [7, 11) is -3.30. The topological polar surface area (TPSA) is 88.6 Å². The van der Waals surface area contributed by atoms with Crippen LogP contribution in [0.15, 0.2) is 35.4 Å². The second-order valence-corrected chi connectivity index (χ2v) is 9.68. The zero-order valence-corrected chi connectivity index (χ0v) is 16.4. The molecule has 1 aliphatic rings. The molecule has 0 spiro atoms. The first-order valence-electron chi connectivity index (χ1n) is 7.90. The predicted molar refractivity (Wildman–Crippen MR) is 102 cm³/mol. The number of hydrogen-bond donors (Lipinski definition) is 1. The molecule has 26 heavy (non-hydrogen) atoms. The van der Waals surface area contributed by atoms with Crippen molar-refractivity contribution in [3.63, 3.8) is 0 Å². The maximum atomic E-state index is 12.8. The highest BCUT2D eigenvalue weighted by Crippen LogP contribution is 2.26. The van der Waals surface area contributed by atoms with Crippen molar-refractivity contribution < 1.29 is 17.9 Å². The molecular formula is C16H18ClN3O4S2. The summed E-state index contributed by atoms with van der Waals surface area (Å²) in [5, 5.41) is 3.13. The Bertz CT molecular complexity index is 877. The summed E-state index contributed by atoms with van der Waals surface area (Å²) in [5.41, 5.74) is 0.601. The highest BCUT2D eigenvalue weighted by molar-refractivity contribution is 7.90. The number of urea groups is 1. The quantitative estimate of drug-likeness (QED) is 0.809.